The lowest BCUT2D eigenvalue weighted by Crippen LogP contribution is -1.69. The fourth-order valence-corrected chi connectivity index (χ4v) is 2.47. The minimum atomic E-state index is 1.08. The topological polar surface area (TPSA) is 43.1 Å². The van der Waals surface area contributed by atoms with Crippen molar-refractivity contribution in [3.8, 4) is 0 Å². The SMILES string of the molecule is CC.CC.Cc1cccnc1.Cc1ccncc1.Cc1cn2ccsc2n1. The lowest BCUT2D eigenvalue weighted by molar-refractivity contribution is 1.22. The molecule has 146 valence electrons. The summed E-state index contributed by atoms with van der Waals surface area (Å²) in [7, 11) is 0. The van der Waals surface area contributed by atoms with Gasteiger partial charge in [-0.15, -0.1) is 11.3 Å². The summed E-state index contributed by atoms with van der Waals surface area (Å²) < 4.78 is 2.03. The van der Waals surface area contributed by atoms with E-state index in [1.54, 1.807) is 29.9 Å². The first-order chi connectivity index (χ1) is 13.1. The van der Waals surface area contributed by atoms with Crippen molar-refractivity contribution in [2.45, 2.75) is 48.5 Å². The van der Waals surface area contributed by atoms with Crippen molar-refractivity contribution in [3.05, 3.63) is 83.6 Å². The third kappa shape index (κ3) is 10.9. The maximum Gasteiger partial charge on any atom is 0.193 e. The summed E-state index contributed by atoms with van der Waals surface area (Å²) in [6.45, 7) is 14.1. The number of pyridine rings is 2. The Bertz CT molecular complexity index is 742. The molecule has 4 aromatic rings. The highest BCUT2D eigenvalue weighted by Gasteiger charge is 1.94. The standard InChI is InChI=1S/C6H6N2S.2C6H7N.2C2H6/c1-5-4-8-2-3-9-6(8)7-5;1-6-2-4-7-5-3-6;1-6-3-2-4-7-5-6;2*1-2/h2-4H,1H3;2*2-5H,1H3;2*1-2H3. The van der Waals surface area contributed by atoms with Crippen molar-refractivity contribution >= 4 is 16.3 Å². The molecule has 0 radical (unpaired) electrons. The lowest BCUT2D eigenvalue weighted by Gasteiger charge is -1.82. The molecule has 4 heterocycles. The molecular formula is C22H32N4S. The monoisotopic (exact) mass is 384 g/mol. The molecule has 0 aliphatic rings. The quantitative estimate of drug-likeness (QED) is 0.346. The summed E-state index contributed by atoms with van der Waals surface area (Å²) in [5.41, 5.74) is 3.55. The van der Waals surface area contributed by atoms with Crippen LogP contribution in [0.1, 0.15) is 44.5 Å². The van der Waals surface area contributed by atoms with Crippen LogP contribution < -0.4 is 0 Å². The molecule has 27 heavy (non-hydrogen) atoms. The second-order valence-corrected chi connectivity index (χ2v) is 5.90. The van der Waals surface area contributed by atoms with Crippen LogP contribution in [0.3, 0.4) is 0 Å². The van der Waals surface area contributed by atoms with Gasteiger partial charge in [0, 0.05) is 42.6 Å². The van der Waals surface area contributed by atoms with E-state index in [4.69, 9.17) is 0 Å². The predicted molar refractivity (Wildman–Crippen MR) is 118 cm³/mol. The third-order valence-corrected chi connectivity index (χ3v) is 3.64. The summed E-state index contributed by atoms with van der Waals surface area (Å²) in [5.74, 6) is 0. The maximum atomic E-state index is 4.25. The molecule has 0 aliphatic carbocycles. The van der Waals surface area contributed by atoms with Gasteiger partial charge in [-0.2, -0.15) is 0 Å². The second kappa shape index (κ2) is 15.7. The van der Waals surface area contributed by atoms with Crippen molar-refractivity contribution in [2.75, 3.05) is 0 Å². The molecule has 0 saturated carbocycles. The zero-order valence-corrected chi connectivity index (χ0v) is 18.4. The third-order valence-electron chi connectivity index (χ3n) is 2.87. The van der Waals surface area contributed by atoms with E-state index in [-0.39, 0.29) is 0 Å². The van der Waals surface area contributed by atoms with Gasteiger partial charge < -0.3 is 0 Å². The van der Waals surface area contributed by atoms with Crippen molar-refractivity contribution < 1.29 is 0 Å². The van der Waals surface area contributed by atoms with E-state index < -0.39 is 0 Å². The molecule has 4 rings (SSSR count). The van der Waals surface area contributed by atoms with Gasteiger partial charge >= 0.3 is 0 Å². The van der Waals surface area contributed by atoms with E-state index in [2.05, 4.69) is 15.0 Å². The Kier molecular flexibility index (Phi) is 14.2. The van der Waals surface area contributed by atoms with Crippen LogP contribution in [-0.2, 0) is 0 Å². The van der Waals surface area contributed by atoms with E-state index in [0.29, 0.717) is 0 Å². The van der Waals surface area contributed by atoms with Crippen LogP contribution in [0.25, 0.3) is 4.96 Å². The molecule has 0 amide bonds. The highest BCUT2D eigenvalue weighted by molar-refractivity contribution is 7.15. The van der Waals surface area contributed by atoms with Gasteiger partial charge in [-0.3, -0.25) is 14.4 Å². The number of aromatic nitrogens is 4. The summed E-state index contributed by atoms with van der Waals surface area (Å²) in [6, 6.07) is 7.89. The summed E-state index contributed by atoms with van der Waals surface area (Å²) in [6.07, 6.45) is 11.2. The van der Waals surface area contributed by atoms with E-state index in [1.165, 1.54) is 11.1 Å². The van der Waals surface area contributed by atoms with E-state index in [1.807, 2.05) is 101 Å². The Balaban J connectivity index is 0.000000347. The number of hydrogen-bond donors (Lipinski definition) is 0. The Hall–Kier alpha value is -2.53. The minimum Gasteiger partial charge on any atom is -0.297 e. The smallest absolute Gasteiger partial charge is 0.193 e. The number of aryl methyl sites for hydroxylation is 3. The molecule has 0 unspecified atom stereocenters. The second-order valence-electron chi connectivity index (χ2n) is 5.03. The van der Waals surface area contributed by atoms with Crippen molar-refractivity contribution in [1.29, 1.82) is 0 Å². The van der Waals surface area contributed by atoms with E-state index >= 15 is 0 Å². The molecule has 0 spiro atoms. The van der Waals surface area contributed by atoms with Gasteiger partial charge in [0.05, 0.1) is 5.69 Å². The van der Waals surface area contributed by atoms with Crippen LogP contribution in [0.4, 0.5) is 0 Å². The fraction of sp³-hybridized carbons (Fsp3) is 0.318. The van der Waals surface area contributed by atoms with Crippen molar-refractivity contribution in [2.24, 2.45) is 0 Å². The number of fused-ring (bicyclic) bond motifs is 1. The molecular weight excluding hydrogens is 352 g/mol. The van der Waals surface area contributed by atoms with Gasteiger partial charge in [0.1, 0.15) is 0 Å². The molecule has 4 aromatic heterocycles. The van der Waals surface area contributed by atoms with Crippen LogP contribution in [0.2, 0.25) is 0 Å². The molecule has 0 fully saturated rings. The Labute approximate surface area is 168 Å². The largest absolute Gasteiger partial charge is 0.297 e. The number of thiazole rings is 1. The first-order valence-electron chi connectivity index (χ1n) is 9.27. The lowest BCUT2D eigenvalue weighted by atomic mass is 10.3. The Morgan fingerprint density at radius 1 is 0.815 bits per heavy atom. The summed E-state index contributed by atoms with van der Waals surface area (Å²) in [5, 5.41) is 2.03. The molecule has 0 N–H and O–H groups in total. The van der Waals surface area contributed by atoms with E-state index in [0.717, 1.165) is 10.7 Å². The number of imidazole rings is 1. The normalized spacial score (nSPS) is 8.56. The first-order valence-corrected chi connectivity index (χ1v) is 10.1. The van der Waals surface area contributed by atoms with Gasteiger partial charge in [0.25, 0.3) is 0 Å². The van der Waals surface area contributed by atoms with Gasteiger partial charge in [-0.25, -0.2) is 4.98 Å². The van der Waals surface area contributed by atoms with Gasteiger partial charge in [0.15, 0.2) is 4.96 Å². The van der Waals surface area contributed by atoms with Crippen LogP contribution in [0, 0.1) is 20.8 Å². The molecule has 0 bridgehead atoms. The number of rotatable bonds is 0. The van der Waals surface area contributed by atoms with Crippen LogP contribution in [0.5, 0.6) is 0 Å². The molecule has 0 aromatic carbocycles. The highest BCUT2D eigenvalue weighted by atomic mass is 32.1. The average molecular weight is 385 g/mol. The van der Waals surface area contributed by atoms with Gasteiger partial charge in [-0.1, -0.05) is 33.8 Å². The van der Waals surface area contributed by atoms with Gasteiger partial charge in [-0.05, 0) is 50.1 Å². The molecule has 0 atom stereocenters. The fourth-order valence-electron chi connectivity index (χ4n) is 1.72. The van der Waals surface area contributed by atoms with Crippen molar-refractivity contribution in [1.82, 2.24) is 19.4 Å². The Morgan fingerprint density at radius 3 is 1.89 bits per heavy atom. The summed E-state index contributed by atoms with van der Waals surface area (Å²) in [4.78, 5) is 13.1. The first kappa shape index (κ1) is 24.5. The number of hydrogen-bond acceptors (Lipinski definition) is 4. The predicted octanol–water partition coefficient (Wildman–Crippen LogP) is 6.54. The molecule has 0 aliphatic heterocycles. The van der Waals surface area contributed by atoms with Crippen LogP contribution >= 0.6 is 11.3 Å². The van der Waals surface area contributed by atoms with Gasteiger partial charge in [0.2, 0.25) is 0 Å². The van der Waals surface area contributed by atoms with E-state index in [9.17, 15) is 0 Å². The molecule has 5 heteroatoms. The molecule has 4 nitrogen and oxygen atoms in total. The maximum absolute atomic E-state index is 4.25. The summed E-state index contributed by atoms with van der Waals surface area (Å²) >= 11 is 1.66. The van der Waals surface area contributed by atoms with Crippen LogP contribution in [-0.4, -0.2) is 19.4 Å². The zero-order chi connectivity index (χ0) is 20.5. The number of nitrogens with zero attached hydrogens (tertiary/aromatic N) is 4. The Morgan fingerprint density at radius 2 is 1.48 bits per heavy atom. The highest BCUT2D eigenvalue weighted by Crippen LogP contribution is 2.09. The molecule has 0 saturated heterocycles. The van der Waals surface area contributed by atoms with Crippen molar-refractivity contribution in [3.63, 3.8) is 0 Å². The van der Waals surface area contributed by atoms with Crippen LogP contribution in [0.15, 0.2) is 66.8 Å². The minimum absolute atomic E-state index is 1.08. The average Bonchev–Trinajstić information content (AvgIpc) is 3.28. The zero-order valence-electron chi connectivity index (χ0n) is 17.5.